The maximum atomic E-state index is 5.89. The van der Waals surface area contributed by atoms with E-state index in [2.05, 4.69) is 29.4 Å². The number of aromatic nitrogens is 2. The van der Waals surface area contributed by atoms with Gasteiger partial charge < -0.3 is 9.73 Å². The molecule has 1 heterocycles. The van der Waals surface area contributed by atoms with Gasteiger partial charge in [-0.2, -0.15) is 0 Å². The van der Waals surface area contributed by atoms with Crippen molar-refractivity contribution < 1.29 is 4.42 Å². The molecule has 0 aromatic carbocycles. The van der Waals surface area contributed by atoms with Crippen LogP contribution in [0.2, 0.25) is 0 Å². The molecule has 2 aliphatic rings. The van der Waals surface area contributed by atoms with Gasteiger partial charge in [0.05, 0.1) is 6.04 Å². The smallest absolute Gasteiger partial charge is 0.233 e. The highest BCUT2D eigenvalue weighted by atomic mass is 16.4. The van der Waals surface area contributed by atoms with Crippen LogP contribution in [-0.4, -0.2) is 16.7 Å². The molecular weight excluding hydrogens is 226 g/mol. The molecule has 2 bridgehead atoms. The van der Waals surface area contributed by atoms with Crippen molar-refractivity contribution in [2.45, 2.75) is 57.9 Å². The van der Waals surface area contributed by atoms with Crippen molar-refractivity contribution in [3.63, 3.8) is 0 Å². The van der Waals surface area contributed by atoms with Crippen molar-refractivity contribution in [3.8, 4) is 0 Å². The standard InChI is InChI=1S/C14H23N3O/c1-3-6-15-9(2)13-16-17-14(18-13)12-8-10-4-5-11(12)7-10/h9-12,15H,3-8H2,1-2H3. The Morgan fingerprint density at radius 3 is 2.89 bits per heavy atom. The summed E-state index contributed by atoms with van der Waals surface area (Å²) in [4.78, 5) is 0. The molecule has 4 nitrogen and oxygen atoms in total. The summed E-state index contributed by atoms with van der Waals surface area (Å²) in [6.07, 6.45) is 6.54. The lowest BCUT2D eigenvalue weighted by Gasteiger charge is -2.17. The highest BCUT2D eigenvalue weighted by Crippen LogP contribution is 2.52. The number of nitrogens with zero attached hydrogens (tertiary/aromatic N) is 2. The van der Waals surface area contributed by atoms with Gasteiger partial charge in [0.15, 0.2) is 0 Å². The Balaban J connectivity index is 1.66. The van der Waals surface area contributed by atoms with Crippen LogP contribution in [0, 0.1) is 11.8 Å². The van der Waals surface area contributed by atoms with E-state index < -0.39 is 0 Å². The van der Waals surface area contributed by atoms with Gasteiger partial charge >= 0.3 is 0 Å². The first-order chi connectivity index (χ1) is 8.78. The number of fused-ring (bicyclic) bond motifs is 2. The Kier molecular flexibility index (Phi) is 3.37. The van der Waals surface area contributed by atoms with E-state index in [1.54, 1.807) is 0 Å². The van der Waals surface area contributed by atoms with Crippen LogP contribution in [0.5, 0.6) is 0 Å². The predicted molar refractivity (Wildman–Crippen MR) is 69.2 cm³/mol. The summed E-state index contributed by atoms with van der Waals surface area (Å²) in [5.74, 6) is 3.92. The molecule has 0 spiro atoms. The lowest BCUT2D eigenvalue weighted by molar-refractivity contribution is 0.322. The molecule has 0 saturated heterocycles. The fourth-order valence-corrected chi connectivity index (χ4v) is 3.57. The molecule has 1 aromatic rings. The number of nitrogens with one attached hydrogen (secondary N) is 1. The third kappa shape index (κ3) is 2.18. The molecule has 4 heteroatoms. The Morgan fingerprint density at radius 2 is 2.22 bits per heavy atom. The third-order valence-corrected chi connectivity index (χ3v) is 4.58. The van der Waals surface area contributed by atoms with Gasteiger partial charge in [0.2, 0.25) is 11.8 Å². The Hall–Kier alpha value is -0.900. The largest absolute Gasteiger partial charge is 0.423 e. The third-order valence-electron chi connectivity index (χ3n) is 4.58. The summed E-state index contributed by atoms with van der Waals surface area (Å²) in [6.45, 7) is 5.25. The quantitative estimate of drug-likeness (QED) is 0.871. The van der Waals surface area contributed by atoms with Crippen molar-refractivity contribution >= 4 is 0 Å². The van der Waals surface area contributed by atoms with Gasteiger partial charge in [-0.3, -0.25) is 0 Å². The minimum atomic E-state index is 0.171. The van der Waals surface area contributed by atoms with E-state index in [4.69, 9.17) is 4.42 Å². The van der Waals surface area contributed by atoms with Crippen molar-refractivity contribution in [2.75, 3.05) is 6.54 Å². The van der Waals surface area contributed by atoms with Crippen LogP contribution in [0.3, 0.4) is 0 Å². The van der Waals surface area contributed by atoms with Gasteiger partial charge in [-0.15, -0.1) is 10.2 Å². The number of rotatable bonds is 5. The molecule has 0 radical (unpaired) electrons. The molecule has 2 saturated carbocycles. The molecule has 2 fully saturated rings. The summed E-state index contributed by atoms with van der Waals surface area (Å²) in [5.41, 5.74) is 0. The van der Waals surface area contributed by atoms with E-state index in [1.165, 1.54) is 25.7 Å². The zero-order valence-electron chi connectivity index (χ0n) is 11.4. The first-order valence-corrected chi connectivity index (χ1v) is 7.34. The summed E-state index contributed by atoms with van der Waals surface area (Å²) in [5, 5.41) is 11.9. The molecule has 0 aliphatic heterocycles. The van der Waals surface area contributed by atoms with Crippen LogP contribution in [0.15, 0.2) is 4.42 Å². The van der Waals surface area contributed by atoms with Crippen LogP contribution in [0.4, 0.5) is 0 Å². The minimum Gasteiger partial charge on any atom is -0.423 e. The molecule has 4 unspecified atom stereocenters. The predicted octanol–water partition coefficient (Wildman–Crippen LogP) is 3.03. The van der Waals surface area contributed by atoms with Crippen LogP contribution in [0.25, 0.3) is 0 Å². The van der Waals surface area contributed by atoms with Crippen LogP contribution in [-0.2, 0) is 0 Å². The zero-order chi connectivity index (χ0) is 12.5. The van der Waals surface area contributed by atoms with Gasteiger partial charge in [0, 0.05) is 5.92 Å². The molecule has 0 amide bonds. The average molecular weight is 249 g/mol. The van der Waals surface area contributed by atoms with Crippen molar-refractivity contribution in [1.29, 1.82) is 0 Å². The van der Waals surface area contributed by atoms with Crippen molar-refractivity contribution in [3.05, 3.63) is 11.8 Å². The second-order valence-electron chi connectivity index (χ2n) is 5.94. The lowest BCUT2D eigenvalue weighted by atomic mass is 9.89. The molecule has 4 atom stereocenters. The van der Waals surface area contributed by atoms with E-state index in [1.807, 2.05) is 0 Å². The van der Waals surface area contributed by atoms with E-state index >= 15 is 0 Å². The Morgan fingerprint density at radius 1 is 1.33 bits per heavy atom. The van der Waals surface area contributed by atoms with E-state index in [-0.39, 0.29) is 6.04 Å². The molecule has 2 aliphatic carbocycles. The minimum absolute atomic E-state index is 0.171. The van der Waals surface area contributed by atoms with Crippen LogP contribution < -0.4 is 5.32 Å². The number of hydrogen-bond donors (Lipinski definition) is 1. The van der Waals surface area contributed by atoms with Gasteiger partial charge in [0.1, 0.15) is 0 Å². The highest BCUT2D eigenvalue weighted by molar-refractivity contribution is 5.04. The SMILES string of the molecule is CCCNC(C)c1nnc(C2CC3CCC2C3)o1. The zero-order valence-corrected chi connectivity index (χ0v) is 11.4. The molecule has 1 N–H and O–H groups in total. The Bertz CT molecular complexity index is 403. The Labute approximate surface area is 109 Å². The van der Waals surface area contributed by atoms with E-state index in [0.29, 0.717) is 5.92 Å². The first-order valence-electron chi connectivity index (χ1n) is 7.34. The van der Waals surface area contributed by atoms with Gasteiger partial charge in [0.25, 0.3) is 0 Å². The summed E-state index contributed by atoms with van der Waals surface area (Å²) < 4.78 is 5.89. The monoisotopic (exact) mass is 249 g/mol. The van der Waals surface area contributed by atoms with Gasteiger partial charge in [-0.25, -0.2) is 0 Å². The topological polar surface area (TPSA) is 51.0 Å². The van der Waals surface area contributed by atoms with Gasteiger partial charge in [-0.1, -0.05) is 13.3 Å². The normalized spacial score (nSPS) is 32.0. The second-order valence-corrected chi connectivity index (χ2v) is 5.94. The van der Waals surface area contributed by atoms with Crippen molar-refractivity contribution in [1.82, 2.24) is 15.5 Å². The van der Waals surface area contributed by atoms with Crippen molar-refractivity contribution in [2.24, 2.45) is 11.8 Å². The maximum Gasteiger partial charge on any atom is 0.233 e. The fraction of sp³-hybridized carbons (Fsp3) is 0.857. The summed E-state index contributed by atoms with van der Waals surface area (Å²) in [7, 11) is 0. The van der Waals surface area contributed by atoms with E-state index in [0.717, 1.165) is 36.6 Å². The highest BCUT2D eigenvalue weighted by Gasteiger charge is 2.42. The average Bonchev–Trinajstić information content (AvgIpc) is 3.09. The van der Waals surface area contributed by atoms with Crippen LogP contribution in [0.1, 0.15) is 69.7 Å². The first kappa shape index (κ1) is 12.2. The maximum absolute atomic E-state index is 5.89. The molecule has 1 aromatic heterocycles. The van der Waals surface area contributed by atoms with E-state index in [9.17, 15) is 0 Å². The van der Waals surface area contributed by atoms with Gasteiger partial charge in [-0.05, 0) is 51.0 Å². The number of hydrogen-bond acceptors (Lipinski definition) is 4. The summed E-state index contributed by atoms with van der Waals surface area (Å²) in [6, 6.07) is 0.171. The second kappa shape index (κ2) is 5.00. The fourth-order valence-electron chi connectivity index (χ4n) is 3.57. The molecule has 3 rings (SSSR count). The summed E-state index contributed by atoms with van der Waals surface area (Å²) >= 11 is 0. The lowest BCUT2D eigenvalue weighted by Crippen LogP contribution is -2.19. The molecule has 100 valence electrons. The molecular formula is C14H23N3O. The molecule has 18 heavy (non-hydrogen) atoms. The van der Waals surface area contributed by atoms with Crippen LogP contribution >= 0.6 is 0 Å².